The van der Waals surface area contributed by atoms with Crippen LogP contribution < -0.4 is 0 Å². The summed E-state index contributed by atoms with van der Waals surface area (Å²) in [7, 11) is -1.56. The maximum atomic E-state index is 6.49. The molecule has 2 aliphatic carbocycles. The van der Waals surface area contributed by atoms with Gasteiger partial charge >= 0.3 is 0 Å². The lowest BCUT2D eigenvalue weighted by atomic mass is 9.51. The van der Waals surface area contributed by atoms with Gasteiger partial charge in [-0.25, -0.2) is 0 Å². The largest absolute Gasteiger partial charge is 0.414 e. The molecular weight excluding hydrogens is 288 g/mol. The molecule has 19 heavy (non-hydrogen) atoms. The summed E-state index contributed by atoms with van der Waals surface area (Å²) in [6, 6.07) is 0. The highest BCUT2D eigenvalue weighted by molar-refractivity contribution is 8.22. The molecule has 110 valence electrons. The Kier molecular flexibility index (Phi) is 4.30. The van der Waals surface area contributed by atoms with E-state index in [1.54, 1.807) is 11.8 Å². The van der Waals surface area contributed by atoms with Crippen molar-refractivity contribution in [1.82, 2.24) is 0 Å². The molecule has 1 nitrogen and oxygen atoms in total. The van der Waals surface area contributed by atoms with E-state index in [9.17, 15) is 0 Å². The summed E-state index contributed by atoms with van der Waals surface area (Å²) in [6.45, 7) is 11.7. The number of thioether (sulfide) groups is 1. The van der Waals surface area contributed by atoms with Gasteiger partial charge in [-0.05, 0) is 55.5 Å². The van der Waals surface area contributed by atoms with Gasteiger partial charge in [-0.1, -0.05) is 33.0 Å². The third-order valence-electron chi connectivity index (χ3n) is 5.48. The van der Waals surface area contributed by atoms with E-state index in [0.29, 0.717) is 22.5 Å². The molecule has 0 radical (unpaired) electrons. The van der Waals surface area contributed by atoms with Crippen molar-refractivity contribution in [3.8, 4) is 0 Å². The molecule has 2 aliphatic rings. The van der Waals surface area contributed by atoms with Crippen molar-refractivity contribution >= 4 is 36.5 Å². The lowest BCUT2D eigenvalue weighted by molar-refractivity contribution is -0.0880. The SMILES string of the molecule is CSC(=S)C1CC2(CC(O[Si](C)(C)C(C)(C)C)C2)C1. The summed E-state index contributed by atoms with van der Waals surface area (Å²) in [5.74, 6) is 0.707. The molecule has 0 atom stereocenters. The molecule has 0 aromatic rings. The first kappa shape index (κ1) is 16.0. The van der Waals surface area contributed by atoms with E-state index >= 15 is 0 Å². The van der Waals surface area contributed by atoms with Crippen molar-refractivity contribution in [2.75, 3.05) is 6.26 Å². The van der Waals surface area contributed by atoms with Gasteiger partial charge in [-0.15, -0.1) is 11.8 Å². The Labute approximate surface area is 129 Å². The van der Waals surface area contributed by atoms with Crippen LogP contribution in [0, 0.1) is 11.3 Å². The first-order valence-corrected chi connectivity index (χ1v) is 11.9. The van der Waals surface area contributed by atoms with E-state index in [0.717, 1.165) is 0 Å². The first-order chi connectivity index (χ1) is 8.59. The fourth-order valence-electron chi connectivity index (χ4n) is 3.24. The lowest BCUT2D eigenvalue weighted by Gasteiger charge is -2.59. The molecule has 4 heteroatoms. The van der Waals surface area contributed by atoms with Crippen molar-refractivity contribution in [2.45, 2.75) is 70.7 Å². The molecule has 2 saturated carbocycles. The molecule has 0 unspecified atom stereocenters. The van der Waals surface area contributed by atoms with E-state index < -0.39 is 8.32 Å². The van der Waals surface area contributed by atoms with Crippen molar-refractivity contribution in [1.29, 1.82) is 0 Å². The molecule has 0 bridgehead atoms. The highest BCUT2D eigenvalue weighted by Crippen LogP contribution is 2.61. The molecule has 0 aliphatic heterocycles. The fraction of sp³-hybridized carbons (Fsp3) is 0.933. The van der Waals surface area contributed by atoms with Gasteiger partial charge < -0.3 is 4.43 Å². The minimum absolute atomic E-state index is 0.332. The summed E-state index contributed by atoms with van der Waals surface area (Å²) in [5, 5.41) is 0.332. The van der Waals surface area contributed by atoms with Crippen LogP contribution in [-0.4, -0.2) is 24.9 Å². The predicted molar refractivity (Wildman–Crippen MR) is 92.6 cm³/mol. The van der Waals surface area contributed by atoms with Gasteiger partial charge in [-0.2, -0.15) is 0 Å². The van der Waals surface area contributed by atoms with E-state index in [1.807, 2.05) is 0 Å². The summed E-state index contributed by atoms with van der Waals surface area (Å²) in [5.41, 5.74) is 0.609. The standard InChI is InChI=1S/C15H28OS2Si/c1-14(2,3)19(5,6)16-12-9-15(10-12)7-11(8-15)13(17)18-4/h11-12H,7-10H2,1-6H3. The van der Waals surface area contributed by atoms with Crippen LogP contribution in [0.3, 0.4) is 0 Å². The van der Waals surface area contributed by atoms with E-state index in [2.05, 4.69) is 40.1 Å². The highest BCUT2D eigenvalue weighted by atomic mass is 32.2. The van der Waals surface area contributed by atoms with Gasteiger partial charge in [0.2, 0.25) is 0 Å². The molecule has 2 rings (SSSR count). The molecular formula is C15H28OS2Si. The Hall–Kier alpha value is 0.617. The minimum Gasteiger partial charge on any atom is -0.414 e. The summed E-state index contributed by atoms with van der Waals surface area (Å²) < 4.78 is 7.71. The van der Waals surface area contributed by atoms with Crippen molar-refractivity contribution in [3.63, 3.8) is 0 Å². The maximum absolute atomic E-state index is 6.49. The molecule has 0 aromatic heterocycles. The lowest BCUT2D eigenvalue weighted by Crippen LogP contribution is -2.56. The maximum Gasteiger partial charge on any atom is 0.192 e. The van der Waals surface area contributed by atoms with Crippen molar-refractivity contribution in [2.24, 2.45) is 11.3 Å². The van der Waals surface area contributed by atoms with Crippen LogP contribution in [0.2, 0.25) is 18.1 Å². The third-order valence-corrected chi connectivity index (χ3v) is 11.6. The number of thiocarbonyl (C=S) groups is 1. The van der Waals surface area contributed by atoms with Crippen LogP contribution in [0.25, 0.3) is 0 Å². The van der Waals surface area contributed by atoms with Crippen LogP contribution in [0.15, 0.2) is 0 Å². The zero-order valence-corrected chi connectivity index (χ0v) is 15.8. The second-order valence-corrected chi connectivity index (χ2v) is 14.3. The van der Waals surface area contributed by atoms with Gasteiger partial charge in [0, 0.05) is 12.0 Å². The molecule has 0 saturated heterocycles. The smallest absolute Gasteiger partial charge is 0.192 e. The second kappa shape index (κ2) is 5.11. The van der Waals surface area contributed by atoms with E-state index in [1.165, 1.54) is 29.9 Å². The Morgan fingerprint density at radius 3 is 2.16 bits per heavy atom. The molecule has 0 aromatic carbocycles. The van der Waals surface area contributed by atoms with Gasteiger partial charge in [-0.3, -0.25) is 0 Å². The molecule has 0 heterocycles. The Bertz CT molecular complexity index is 359. The van der Waals surface area contributed by atoms with Gasteiger partial charge in [0.15, 0.2) is 8.32 Å². The van der Waals surface area contributed by atoms with E-state index in [4.69, 9.17) is 16.6 Å². The Balaban J connectivity index is 1.78. The monoisotopic (exact) mass is 316 g/mol. The molecule has 2 fully saturated rings. The normalized spacial score (nSPS) is 34.8. The number of hydrogen-bond acceptors (Lipinski definition) is 3. The van der Waals surface area contributed by atoms with Crippen LogP contribution in [0.4, 0.5) is 0 Å². The summed E-state index contributed by atoms with van der Waals surface area (Å²) in [6.07, 6.45) is 7.86. The zero-order chi connectivity index (χ0) is 14.5. The quantitative estimate of drug-likeness (QED) is 0.519. The minimum atomic E-state index is -1.56. The van der Waals surface area contributed by atoms with Crippen molar-refractivity contribution in [3.05, 3.63) is 0 Å². The summed E-state index contributed by atoms with van der Waals surface area (Å²) >= 11 is 7.17. The topological polar surface area (TPSA) is 9.23 Å². The van der Waals surface area contributed by atoms with Gasteiger partial charge in [0.05, 0.1) is 4.20 Å². The molecule has 0 N–H and O–H groups in total. The predicted octanol–water partition coefficient (Wildman–Crippen LogP) is 5.26. The zero-order valence-electron chi connectivity index (χ0n) is 13.2. The van der Waals surface area contributed by atoms with E-state index in [-0.39, 0.29) is 0 Å². The molecule has 0 amide bonds. The third kappa shape index (κ3) is 3.12. The van der Waals surface area contributed by atoms with Crippen LogP contribution in [0.1, 0.15) is 46.5 Å². The second-order valence-electron chi connectivity index (χ2n) is 8.04. The van der Waals surface area contributed by atoms with Gasteiger partial charge in [0.1, 0.15) is 0 Å². The van der Waals surface area contributed by atoms with Crippen LogP contribution in [-0.2, 0) is 4.43 Å². The fourth-order valence-corrected chi connectivity index (χ4v) is 5.26. The average molecular weight is 317 g/mol. The summed E-state index contributed by atoms with van der Waals surface area (Å²) in [4.78, 5) is 0. The highest BCUT2D eigenvalue weighted by Gasteiger charge is 2.55. The van der Waals surface area contributed by atoms with Crippen molar-refractivity contribution < 1.29 is 4.43 Å². The number of rotatable bonds is 3. The number of hydrogen-bond donors (Lipinski definition) is 0. The molecule has 1 spiro atoms. The first-order valence-electron chi connectivity index (χ1n) is 7.34. The Morgan fingerprint density at radius 2 is 1.74 bits per heavy atom. The average Bonchev–Trinajstić information content (AvgIpc) is 2.16. The van der Waals surface area contributed by atoms with Gasteiger partial charge in [0.25, 0.3) is 0 Å². The van der Waals surface area contributed by atoms with Crippen LogP contribution in [0.5, 0.6) is 0 Å². The van der Waals surface area contributed by atoms with Crippen LogP contribution >= 0.6 is 24.0 Å². The Morgan fingerprint density at radius 1 is 1.21 bits per heavy atom.